The van der Waals surface area contributed by atoms with Gasteiger partial charge in [0.25, 0.3) is 0 Å². The van der Waals surface area contributed by atoms with Crippen molar-refractivity contribution in [2.75, 3.05) is 13.7 Å². The molecule has 1 amide bonds. The summed E-state index contributed by atoms with van der Waals surface area (Å²) in [6, 6.07) is 8.03. The first-order chi connectivity index (χ1) is 10.2. The third kappa shape index (κ3) is 3.21. The first-order valence-electron chi connectivity index (χ1n) is 7.87. The second-order valence-corrected chi connectivity index (χ2v) is 6.31. The molecule has 1 atom stereocenters. The lowest BCUT2D eigenvalue weighted by molar-refractivity contribution is -0.121. The van der Waals surface area contributed by atoms with Crippen molar-refractivity contribution < 1.29 is 9.53 Å². The van der Waals surface area contributed by atoms with Crippen LogP contribution in [-0.4, -0.2) is 31.1 Å². The highest BCUT2D eigenvalue weighted by Crippen LogP contribution is 2.38. The summed E-state index contributed by atoms with van der Waals surface area (Å²) in [6.07, 6.45) is 6.32. The Balaban J connectivity index is 1.56. The van der Waals surface area contributed by atoms with Crippen molar-refractivity contribution in [1.82, 2.24) is 10.6 Å². The van der Waals surface area contributed by atoms with Gasteiger partial charge in [0, 0.05) is 17.1 Å². The van der Waals surface area contributed by atoms with E-state index in [2.05, 4.69) is 10.6 Å². The van der Waals surface area contributed by atoms with Gasteiger partial charge in [0.2, 0.25) is 5.91 Å². The summed E-state index contributed by atoms with van der Waals surface area (Å²) in [5.41, 5.74) is 1.27. The van der Waals surface area contributed by atoms with Crippen LogP contribution in [-0.2, 0) is 11.2 Å². The molecule has 4 nitrogen and oxygen atoms in total. The van der Waals surface area contributed by atoms with Gasteiger partial charge in [-0.05, 0) is 44.7 Å². The molecule has 0 radical (unpaired) electrons. The lowest BCUT2D eigenvalue weighted by atomic mass is 9.70. The third-order valence-electron chi connectivity index (χ3n) is 4.85. The van der Waals surface area contributed by atoms with Crippen LogP contribution in [0.2, 0.25) is 0 Å². The third-order valence-corrected chi connectivity index (χ3v) is 4.85. The minimum atomic E-state index is 0.0980. The summed E-state index contributed by atoms with van der Waals surface area (Å²) >= 11 is 0. The van der Waals surface area contributed by atoms with Gasteiger partial charge in [0.05, 0.1) is 13.5 Å². The number of carbonyl (C=O) groups excluding carboxylic acids is 1. The quantitative estimate of drug-likeness (QED) is 0.891. The second-order valence-electron chi connectivity index (χ2n) is 6.31. The molecular weight excluding hydrogens is 264 g/mol. The van der Waals surface area contributed by atoms with Gasteiger partial charge in [-0.15, -0.1) is 0 Å². The van der Waals surface area contributed by atoms with Crippen molar-refractivity contribution in [3.05, 3.63) is 29.8 Å². The van der Waals surface area contributed by atoms with Gasteiger partial charge in [-0.2, -0.15) is 0 Å². The van der Waals surface area contributed by atoms with E-state index in [0.717, 1.165) is 30.7 Å². The van der Waals surface area contributed by atoms with Crippen LogP contribution in [0.5, 0.6) is 5.75 Å². The maximum atomic E-state index is 12.3. The smallest absolute Gasteiger partial charge is 0.224 e. The predicted octanol–water partition coefficient (Wildman–Crippen LogP) is 2.03. The summed E-state index contributed by atoms with van der Waals surface area (Å²) < 4.78 is 5.31. The molecule has 2 N–H and O–H groups in total. The fourth-order valence-electron chi connectivity index (χ4n) is 3.57. The molecule has 1 heterocycles. The van der Waals surface area contributed by atoms with Gasteiger partial charge in [-0.25, -0.2) is 0 Å². The zero-order valence-electron chi connectivity index (χ0n) is 12.7. The van der Waals surface area contributed by atoms with E-state index < -0.39 is 0 Å². The number of rotatable bonds is 4. The molecule has 1 aliphatic heterocycles. The number of carbonyl (C=O) groups is 1. The lowest BCUT2D eigenvalue weighted by Gasteiger charge is -2.48. The molecule has 114 valence electrons. The van der Waals surface area contributed by atoms with Crippen molar-refractivity contribution in [1.29, 1.82) is 0 Å². The summed E-state index contributed by atoms with van der Waals surface area (Å²) in [7, 11) is 1.64. The van der Waals surface area contributed by atoms with Crippen LogP contribution in [0.1, 0.15) is 37.7 Å². The Labute approximate surface area is 126 Å². The lowest BCUT2D eigenvalue weighted by Crippen LogP contribution is -2.59. The molecule has 1 unspecified atom stereocenters. The summed E-state index contributed by atoms with van der Waals surface area (Å²) in [5, 5.41) is 6.84. The number of nitrogens with one attached hydrogen (secondary N) is 2. The molecule has 2 aliphatic rings. The first-order valence-corrected chi connectivity index (χ1v) is 7.87. The van der Waals surface area contributed by atoms with E-state index in [9.17, 15) is 4.79 Å². The van der Waals surface area contributed by atoms with Gasteiger partial charge < -0.3 is 15.4 Å². The maximum Gasteiger partial charge on any atom is 0.224 e. The number of para-hydroxylation sites is 1. The largest absolute Gasteiger partial charge is 0.496 e. The number of hydrogen-bond acceptors (Lipinski definition) is 3. The Morgan fingerprint density at radius 3 is 2.95 bits per heavy atom. The normalized spacial score (nSPS) is 23.4. The number of hydrogen-bond donors (Lipinski definition) is 2. The van der Waals surface area contributed by atoms with Gasteiger partial charge in [-0.1, -0.05) is 18.2 Å². The molecule has 1 spiro atoms. The summed E-state index contributed by atoms with van der Waals surface area (Å²) in [4.78, 5) is 12.3. The standard InChI is InChI=1S/C17H24N2O2/c1-21-15-6-3-2-5-13(15)11-16(20)19-14-7-10-18-17(12-14)8-4-9-17/h2-3,5-6,14,18H,4,7-12H2,1H3,(H,19,20). The van der Waals surface area contributed by atoms with Crippen LogP contribution in [0.25, 0.3) is 0 Å². The van der Waals surface area contributed by atoms with E-state index in [4.69, 9.17) is 4.74 Å². The SMILES string of the molecule is COc1ccccc1CC(=O)NC1CCNC2(CCC2)C1. The van der Waals surface area contributed by atoms with E-state index in [1.807, 2.05) is 24.3 Å². The zero-order chi connectivity index (χ0) is 14.7. The Kier molecular flexibility index (Phi) is 4.15. The molecule has 0 aromatic heterocycles. The highest BCUT2D eigenvalue weighted by atomic mass is 16.5. The van der Waals surface area contributed by atoms with Crippen LogP contribution in [0, 0.1) is 0 Å². The molecule has 2 fully saturated rings. The number of ether oxygens (including phenoxy) is 1. The van der Waals surface area contributed by atoms with Crippen LogP contribution < -0.4 is 15.4 Å². The predicted molar refractivity (Wildman–Crippen MR) is 82.4 cm³/mol. The van der Waals surface area contributed by atoms with Crippen LogP contribution in [0.15, 0.2) is 24.3 Å². The topological polar surface area (TPSA) is 50.4 Å². The van der Waals surface area contributed by atoms with Crippen molar-refractivity contribution in [2.45, 2.75) is 50.1 Å². The fraction of sp³-hybridized carbons (Fsp3) is 0.588. The average Bonchev–Trinajstić information content (AvgIpc) is 2.46. The monoisotopic (exact) mass is 288 g/mol. The molecule has 21 heavy (non-hydrogen) atoms. The van der Waals surface area contributed by atoms with E-state index in [1.54, 1.807) is 7.11 Å². The van der Waals surface area contributed by atoms with E-state index >= 15 is 0 Å². The van der Waals surface area contributed by atoms with Crippen molar-refractivity contribution >= 4 is 5.91 Å². The summed E-state index contributed by atoms with van der Waals surface area (Å²) in [5.74, 6) is 0.884. The van der Waals surface area contributed by atoms with Crippen molar-refractivity contribution in [3.63, 3.8) is 0 Å². The fourth-order valence-corrected chi connectivity index (χ4v) is 3.57. The minimum Gasteiger partial charge on any atom is -0.496 e. The Morgan fingerprint density at radius 1 is 1.43 bits per heavy atom. The number of amides is 1. The molecule has 1 aromatic carbocycles. The van der Waals surface area contributed by atoms with E-state index in [-0.39, 0.29) is 5.91 Å². The van der Waals surface area contributed by atoms with Gasteiger partial charge in [0.1, 0.15) is 5.75 Å². The zero-order valence-corrected chi connectivity index (χ0v) is 12.7. The highest BCUT2D eigenvalue weighted by molar-refractivity contribution is 5.79. The Bertz CT molecular complexity index is 511. The van der Waals surface area contributed by atoms with Crippen LogP contribution >= 0.6 is 0 Å². The average molecular weight is 288 g/mol. The van der Waals surface area contributed by atoms with Gasteiger partial charge >= 0.3 is 0 Å². The molecule has 3 rings (SSSR count). The minimum absolute atomic E-state index is 0.0980. The maximum absolute atomic E-state index is 12.3. The molecular formula is C17H24N2O2. The molecule has 0 bridgehead atoms. The Hall–Kier alpha value is -1.55. The Morgan fingerprint density at radius 2 is 2.24 bits per heavy atom. The molecule has 1 aliphatic carbocycles. The molecule has 1 aromatic rings. The van der Waals surface area contributed by atoms with E-state index in [0.29, 0.717) is 18.0 Å². The van der Waals surface area contributed by atoms with Crippen LogP contribution in [0.3, 0.4) is 0 Å². The molecule has 1 saturated carbocycles. The molecule has 1 saturated heterocycles. The van der Waals surface area contributed by atoms with Gasteiger partial charge in [-0.3, -0.25) is 4.79 Å². The van der Waals surface area contributed by atoms with Crippen LogP contribution in [0.4, 0.5) is 0 Å². The second kappa shape index (κ2) is 6.06. The van der Waals surface area contributed by atoms with Crippen molar-refractivity contribution in [2.24, 2.45) is 0 Å². The number of benzene rings is 1. The highest BCUT2D eigenvalue weighted by Gasteiger charge is 2.41. The number of methoxy groups -OCH3 is 1. The van der Waals surface area contributed by atoms with Crippen molar-refractivity contribution in [3.8, 4) is 5.75 Å². The summed E-state index contributed by atoms with van der Waals surface area (Å²) in [6.45, 7) is 1.01. The number of piperidine rings is 1. The van der Waals surface area contributed by atoms with Gasteiger partial charge in [0.15, 0.2) is 0 Å². The van der Waals surface area contributed by atoms with E-state index in [1.165, 1.54) is 19.3 Å². The first kappa shape index (κ1) is 14.4. The molecule has 4 heteroatoms.